The van der Waals surface area contributed by atoms with Crippen LogP contribution < -0.4 is 14.8 Å². The lowest BCUT2D eigenvalue weighted by Crippen LogP contribution is -2.37. The number of nitrogens with one attached hydrogen (secondary N) is 1. The molecule has 1 saturated carbocycles. The van der Waals surface area contributed by atoms with Crippen molar-refractivity contribution in [3.8, 4) is 22.8 Å². The molecular weight excluding hydrogens is 422 g/mol. The van der Waals surface area contributed by atoms with Gasteiger partial charge in [0.2, 0.25) is 0 Å². The summed E-state index contributed by atoms with van der Waals surface area (Å²) in [5.41, 5.74) is 1.78. The minimum atomic E-state index is -0.937. The van der Waals surface area contributed by atoms with Crippen molar-refractivity contribution in [3.63, 3.8) is 0 Å². The van der Waals surface area contributed by atoms with Gasteiger partial charge in [-0.15, -0.1) is 0 Å². The number of hydrogen-bond acceptors (Lipinski definition) is 5. The van der Waals surface area contributed by atoms with Gasteiger partial charge in [-0.2, -0.15) is 5.10 Å². The van der Waals surface area contributed by atoms with Crippen molar-refractivity contribution in [2.24, 2.45) is 5.92 Å². The van der Waals surface area contributed by atoms with Gasteiger partial charge in [-0.3, -0.25) is 14.3 Å². The van der Waals surface area contributed by atoms with Crippen LogP contribution in [0, 0.1) is 5.92 Å². The number of carbonyl (C=O) groups is 2. The number of carbonyl (C=O) groups excluding carboxylic acids is 1. The highest BCUT2D eigenvalue weighted by molar-refractivity contribution is 5.94. The molecule has 0 bridgehead atoms. The van der Waals surface area contributed by atoms with Crippen LogP contribution in [0.2, 0.25) is 0 Å². The molecule has 33 heavy (non-hydrogen) atoms. The molecule has 0 saturated heterocycles. The lowest BCUT2D eigenvalue weighted by atomic mass is 9.95. The van der Waals surface area contributed by atoms with Crippen LogP contribution in [-0.2, 0) is 4.79 Å². The van der Waals surface area contributed by atoms with Gasteiger partial charge < -0.3 is 19.9 Å². The number of nitrogens with zero attached hydrogens (tertiary/aromatic N) is 2. The van der Waals surface area contributed by atoms with Gasteiger partial charge in [0.25, 0.3) is 5.91 Å². The van der Waals surface area contributed by atoms with E-state index in [9.17, 15) is 14.7 Å². The Hall–Kier alpha value is -3.03. The second-order valence-electron chi connectivity index (χ2n) is 9.09. The molecule has 1 aromatic carbocycles. The molecule has 0 aliphatic heterocycles. The number of aromatic nitrogens is 2. The molecule has 180 valence electrons. The fourth-order valence-corrected chi connectivity index (χ4v) is 4.63. The van der Waals surface area contributed by atoms with Gasteiger partial charge in [0.05, 0.1) is 37.9 Å². The van der Waals surface area contributed by atoms with Crippen LogP contribution in [0.3, 0.4) is 0 Å². The van der Waals surface area contributed by atoms with E-state index in [0.717, 1.165) is 36.9 Å². The molecular formula is C25H35N3O5. The number of carboxylic acid groups (broad SMARTS) is 1. The van der Waals surface area contributed by atoms with Crippen LogP contribution >= 0.6 is 0 Å². The van der Waals surface area contributed by atoms with E-state index in [4.69, 9.17) is 14.6 Å². The van der Waals surface area contributed by atoms with Crippen molar-refractivity contribution in [1.82, 2.24) is 15.1 Å². The molecule has 1 heterocycles. The SMILES string of the molecule is COc1cccc(OC)c1-c1cc(C(=O)N[C@H](CC(=O)O)CC(C)C)nn1C1CCCCC1. The fraction of sp³-hybridized carbons (Fsp3) is 0.560. The summed E-state index contributed by atoms with van der Waals surface area (Å²) in [6.45, 7) is 4.01. The summed E-state index contributed by atoms with van der Waals surface area (Å²) in [6, 6.07) is 7.06. The third kappa shape index (κ3) is 6.06. The van der Waals surface area contributed by atoms with Crippen molar-refractivity contribution in [2.75, 3.05) is 14.2 Å². The number of rotatable bonds is 10. The van der Waals surface area contributed by atoms with Crippen LogP contribution in [-0.4, -0.2) is 47.0 Å². The second-order valence-corrected chi connectivity index (χ2v) is 9.09. The van der Waals surface area contributed by atoms with Gasteiger partial charge in [-0.25, -0.2) is 0 Å². The minimum Gasteiger partial charge on any atom is -0.496 e. The normalized spacial score (nSPS) is 15.3. The van der Waals surface area contributed by atoms with Gasteiger partial charge in [0, 0.05) is 6.04 Å². The van der Waals surface area contributed by atoms with E-state index in [1.165, 1.54) is 6.42 Å². The number of carboxylic acids is 1. The number of benzene rings is 1. The molecule has 0 unspecified atom stereocenters. The predicted molar refractivity (Wildman–Crippen MR) is 126 cm³/mol. The van der Waals surface area contributed by atoms with Crippen molar-refractivity contribution >= 4 is 11.9 Å². The van der Waals surface area contributed by atoms with Crippen molar-refractivity contribution in [2.45, 2.75) is 70.9 Å². The predicted octanol–water partition coefficient (Wildman–Crippen LogP) is 4.69. The highest BCUT2D eigenvalue weighted by Gasteiger charge is 2.27. The first-order valence-corrected chi connectivity index (χ1v) is 11.7. The Kier molecular flexibility index (Phi) is 8.36. The van der Waals surface area contributed by atoms with Crippen LogP contribution in [0.25, 0.3) is 11.3 Å². The van der Waals surface area contributed by atoms with E-state index in [1.54, 1.807) is 20.3 Å². The zero-order valence-corrected chi connectivity index (χ0v) is 20.0. The molecule has 3 rings (SSSR count). The Balaban J connectivity index is 2.02. The monoisotopic (exact) mass is 457 g/mol. The largest absolute Gasteiger partial charge is 0.496 e. The second kappa shape index (κ2) is 11.2. The summed E-state index contributed by atoms with van der Waals surface area (Å²) in [6.07, 6.45) is 5.86. The molecule has 1 atom stereocenters. The molecule has 0 radical (unpaired) electrons. The topological polar surface area (TPSA) is 103 Å². The zero-order valence-electron chi connectivity index (χ0n) is 20.0. The van der Waals surface area contributed by atoms with Crippen LogP contribution in [0.15, 0.2) is 24.3 Å². The van der Waals surface area contributed by atoms with E-state index in [2.05, 4.69) is 5.32 Å². The van der Waals surface area contributed by atoms with E-state index < -0.39 is 12.0 Å². The third-order valence-corrected chi connectivity index (χ3v) is 6.09. The Morgan fingerprint density at radius 3 is 2.33 bits per heavy atom. The number of amides is 1. The summed E-state index contributed by atoms with van der Waals surface area (Å²) < 4.78 is 13.2. The summed E-state index contributed by atoms with van der Waals surface area (Å²) in [5, 5.41) is 16.9. The van der Waals surface area contributed by atoms with Gasteiger partial charge >= 0.3 is 5.97 Å². The quantitative estimate of drug-likeness (QED) is 0.536. The Morgan fingerprint density at radius 2 is 1.79 bits per heavy atom. The minimum absolute atomic E-state index is 0.125. The Bertz CT molecular complexity index is 941. The first-order chi connectivity index (χ1) is 15.8. The molecule has 8 heteroatoms. The first-order valence-electron chi connectivity index (χ1n) is 11.7. The molecule has 1 amide bonds. The summed E-state index contributed by atoms with van der Waals surface area (Å²) in [4.78, 5) is 24.5. The molecule has 0 spiro atoms. The van der Waals surface area contributed by atoms with Gasteiger partial charge in [-0.05, 0) is 43.4 Å². The first kappa shape index (κ1) is 24.6. The van der Waals surface area contributed by atoms with Gasteiger partial charge in [-0.1, -0.05) is 39.2 Å². The maximum Gasteiger partial charge on any atom is 0.305 e. The zero-order chi connectivity index (χ0) is 24.0. The smallest absolute Gasteiger partial charge is 0.305 e. The fourth-order valence-electron chi connectivity index (χ4n) is 4.63. The molecule has 1 aliphatic carbocycles. The Labute approximate surface area is 195 Å². The lowest BCUT2D eigenvalue weighted by molar-refractivity contribution is -0.137. The lowest BCUT2D eigenvalue weighted by Gasteiger charge is -2.25. The van der Waals surface area contributed by atoms with E-state index in [-0.39, 0.29) is 30.0 Å². The average molecular weight is 458 g/mol. The van der Waals surface area contributed by atoms with E-state index in [0.29, 0.717) is 17.9 Å². The van der Waals surface area contributed by atoms with E-state index in [1.807, 2.05) is 36.7 Å². The summed E-state index contributed by atoms with van der Waals surface area (Å²) in [5.74, 6) is 0.228. The van der Waals surface area contributed by atoms with Crippen LogP contribution in [0.4, 0.5) is 0 Å². The van der Waals surface area contributed by atoms with Crippen molar-refractivity contribution in [1.29, 1.82) is 0 Å². The molecule has 1 fully saturated rings. The third-order valence-electron chi connectivity index (χ3n) is 6.09. The number of hydrogen-bond donors (Lipinski definition) is 2. The maximum absolute atomic E-state index is 13.2. The van der Waals surface area contributed by atoms with Crippen LogP contribution in [0.1, 0.15) is 75.3 Å². The standard InChI is InChI=1S/C25H35N3O5/c1-16(2)13-17(14-23(29)30)26-25(31)19-15-20(28(27-19)18-9-6-5-7-10-18)24-21(32-3)11-8-12-22(24)33-4/h8,11-12,15-18H,5-7,9-10,13-14H2,1-4H3,(H,26,31)(H,29,30)/t17-/m0/s1. The summed E-state index contributed by atoms with van der Waals surface area (Å²) >= 11 is 0. The van der Waals surface area contributed by atoms with Gasteiger partial charge in [0.15, 0.2) is 5.69 Å². The Morgan fingerprint density at radius 1 is 1.15 bits per heavy atom. The average Bonchev–Trinajstić information content (AvgIpc) is 3.23. The molecule has 1 aromatic heterocycles. The van der Waals surface area contributed by atoms with Crippen molar-refractivity contribution in [3.05, 3.63) is 30.0 Å². The number of aliphatic carboxylic acids is 1. The highest BCUT2D eigenvalue weighted by Crippen LogP contribution is 2.41. The molecule has 2 aromatic rings. The number of ether oxygens (including phenoxy) is 2. The van der Waals surface area contributed by atoms with Crippen LogP contribution in [0.5, 0.6) is 11.5 Å². The maximum atomic E-state index is 13.2. The van der Waals surface area contributed by atoms with E-state index >= 15 is 0 Å². The molecule has 8 nitrogen and oxygen atoms in total. The van der Waals surface area contributed by atoms with Crippen molar-refractivity contribution < 1.29 is 24.2 Å². The van der Waals surface area contributed by atoms with Gasteiger partial charge in [0.1, 0.15) is 11.5 Å². The summed E-state index contributed by atoms with van der Waals surface area (Å²) in [7, 11) is 3.21. The molecule has 1 aliphatic rings. The molecule has 2 N–H and O–H groups in total. The number of methoxy groups -OCH3 is 2. The highest BCUT2D eigenvalue weighted by atomic mass is 16.5.